The molecule has 5 heteroatoms. The molecule has 2 aromatic rings. The van der Waals surface area contributed by atoms with Crippen LogP contribution >= 0.6 is 43.2 Å². The fourth-order valence-electron chi connectivity index (χ4n) is 1.80. The maximum Gasteiger partial charge on any atom is 0.128 e. The second-order valence-corrected chi connectivity index (χ2v) is 7.38. The summed E-state index contributed by atoms with van der Waals surface area (Å²) in [6, 6.07) is 4.28. The van der Waals surface area contributed by atoms with E-state index in [-0.39, 0.29) is 6.04 Å². The van der Waals surface area contributed by atoms with Crippen LogP contribution in [-0.4, -0.2) is 6.54 Å². The van der Waals surface area contributed by atoms with E-state index in [1.54, 1.807) is 17.6 Å². The normalized spacial score (nSPS) is 12.9. The first-order chi connectivity index (χ1) is 8.63. The van der Waals surface area contributed by atoms with E-state index in [1.165, 1.54) is 10.4 Å². The summed E-state index contributed by atoms with van der Waals surface area (Å²) in [6.45, 7) is 5.22. The first kappa shape index (κ1) is 14.3. The molecule has 0 aliphatic rings. The van der Waals surface area contributed by atoms with Crippen molar-refractivity contribution >= 4 is 43.2 Å². The van der Waals surface area contributed by atoms with E-state index in [0.29, 0.717) is 0 Å². The summed E-state index contributed by atoms with van der Waals surface area (Å²) >= 11 is 8.81. The predicted molar refractivity (Wildman–Crippen MR) is 83.3 cm³/mol. The minimum Gasteiger partial charge on any atom is -0.467 e. The number of hydrogen-bond donors (Lipinski definition) is 1. The third-order valence-corrected chi connectivity index (χ3v) is 6.03. The zero-order chi connectivity index (χ0) is 13.1. The van der Waals surface area contributed by atoms with Gasteiger partial charge in [0.25, 0.3) is 0 Å². The largest absolute Gasteiger partial charge is 0.467 e. The Labute approximate surface area is 128 Å². The monoisotopic (exact) mass is 391 g/mol. The molecule has 1 atom stereocenters. The van der Waals surface area contributed by atoms with Crippen molar-refractivity contribution in [2.45, 2.75) is 26.3 Å². The van der Waals surface area contributed by atoms with Gasteiger partial charge in [-0.25, -0.2) is 0 Å². The highest BCUT2D eigenvalue weighted by atomic mass is 79.9. The molecule has 1 unspecified atom stereocenters. The zero-order valence-corrected chi connectivity index (χ0v) is 14.3. The summed E-state index contributed by atoms with van der Waals surface area (Å²) in [6.07, 6.45) is 2.85. The maximum absolute atomic E-state index is 5.64. The van der Waals surface area contributed by atoms with Crippen molar-refractivity contribution in [2.24, 2.45) is 0 Å². The number of rotatable bonds is 5. The lowest BCUT2D eigenvalue weighted by Crippen LogP contribution is -2.22. The Morgan fingerprint density at radius 1 is 1.44 bits per heavy atom. The average molecular weight is 393 g/mol. The lowest BCUT2D eigenvalue weighted by atomic mass is 10.1. The molecule has 18 heavy (non-hydrogen) atoms. The number of thiophene rings is 1. The van der Waals surface area contributed by atoms with Gasteiger partial charge in [-0.05, 0) is 69.4 Å². The molecule has 2 heterocycles. The molecule has 0 aromatic carbocycles. The molecule has 98 valence electrons. The Kier molecular flexibility index (Phi) is 5.06. The Bertz CT molecular complexity index is 501. The van der Waals surface area contributed by atoms with Crippen LogP contribution in [0.3, 0.4) is 0 Å². The van der Waals surface area contributed by atoms with E-state index in [2.05, 4.69) is 57.1 Å². The van der Waals surface area contributed by atoms with E-state index < -0.39 is 0 Å². The molecular formula is C13H15Br2NOS. The summed E-state index contributed by atoms with van der Waals surface area (Å²) < 4.78 is 7.85. The third kappa shape index (κ3) is 3.07. The number of furan rings is 1. The number of aryl methyl sites for hydroxylation is 1. The van der Waals surface area contributed by atoms with E-state index >= 15 is 0 Å². The second-order valence-electron chi connectivity index (χ2n) is 4.13. The number of nitrogens with one attached hydrogen (secondary N) is 1. The molecule has 2 aromatic heterocycles. The van der Waals surface area contributed by atoms with E-state index in [0.717, 1.165) is 27.0 Å². The number of halogens is 2. The van der Waals surface area contributed by atoms with Crippen LogP contribution in [0.4, 0.5) is 0 Å². The van der Waals surface area contributed by atoms with Gasteiger partial charge in [0.1, 0.15) is 11.8 Å². The average Bonchev–Trinajstić information content (AvgIpc) is 2.88. The van der Waals surface area contributed by atoms with Crippen molar-refractivity contribution in [1.29, 1.82) is 0 Å². The molecule has 0 aliphatic heterocycles. The van der Waals surface area contributed by atoms with Gasteiger partial charge in [-0.15, -0.1) is 11.3 Å². The summed E-state index contributed by atoms with van der Waals surface area (Å²) in [5.41, 5.74) is 1.18. The summed E-state index contributed by atoms with van der Waals surface area (Å²) in [5, 5.41) is 3.54. The van der Waals surface area contributed by atoms with Gasteiger partial charge in [0, 0.05) is 9.35 Å². The second kappa shape index (κ2) is 6.37. The van der Waals surface area contributed by atoms with Crippen LogP contribution in [-0.2, 0) is 0 Å². The van der Waals surface area contributed by atoms with E-state index in [9.17, 15) is 0 Å². The Hall–Kier alpha value is -0.100. The minimum atomic E-state index is 0.132. The molecule has 0 spiro atoms. The highest BCUT2D eigenvalue weighted by Gasteiger charge is 2.21. The molecule has 2 nitrogen and oxygen atoms in total. The van der Waals surface area contributed by atoms with Crippen LogP contribution < -0.4 is 5.32 Å². The van der Waals surface area contributed by atoms with Crippen molar-refractivity contribution in [3.8, 4) is 0 Å². The van der Waals surface area contributed by atoms with Crippen LogP contribution in [0.25, 0.3) is 0 Å². The van der Waals surface area contributed by atoms with Gasteiger partial charge < -0.3 is 9.73 Å². The molecule has 0 saturated carbocycles. The fourth-order valence-corrected chi connectivity index (χ4v) is 3.96. The van der Waals surface area contributed by atoms with Crippen LogP contribution in [0.2, 0.25) is 0 Å². The molecular weight excluding hydrogens is 378 g/mol. The van der Waals surface area contributed by atoms with Crippen LogP contribution in [0.5, 0.6) is 0 Å². The van der Waals surface area contributed by atoms with Crippen molar-refractivity contribution in [1.82, 2.24) is 5.32 Å². The fraction of sp³-hybridized carbons (Fsp3) is 0.385. The van der Waals surface area contributed by atoms with Gasteiger partial charge in [0.15, 0.2) is 0 Å². The summed E-state index contributed by atoms with van der Waals surface area (Å²) in [5.74, 6) is 1.00. The molecule has 0 fully saturated rings. The first-order valence-corrected chi connectivity index (χ1v) is 8.25. The summed E-state index contributed by atoms with van der Waals surface area (Å²) in [4.78, 5) is 1.25. The van der Waals surface area contributed by atoms with Crippen molar-refractivity contribution in [2.75, 3.05) is 6.54 Å². The smallest absolute Gasteiger partial charge is 0.128 e. The van der Waals surface area contributed by atoms with Gasteiger partial charge >= 0.3 is 0 Å². The molecule has 2 rings (SSSR count). The molecule has 0 radical (unpaired) electrons. The summed E-state index contributed by atoms with van der Waals surface area (Å²) in [7, 11) is 0. The van der Waals surface area contributed by atoms with Crippen molar-refractivity contribution in [3.63, 3.8) is 0 Å². The highest BCUT2D eigenvalue weighted by Crippen LogP contribution is 2.38. The molecule has 0 amide bonds. The molecule has 0 saturated heterocycles. The van der Waals surface area contributed by atoms with Crippen molar-refractivity contribution < 1.29 is 4.42 Å². The van der Waals surface area contributed by atoms with Crippen LogP contribution in [0.1, 0.15) is 35.6 Å². The zero-order valence-electron chi connectivity index (χ0n) is 10.3. The lowest BCUT2D eigenvalue weighted by Gasteiger charge is -2.15. The van der Waals surface area contributed by atoms with Gasteiger partial charge in [-0.3, -0.25) is 0 Å². The number of hydrogen-bond acceptors (Lipinski definition) is 3. The van der Waals surface area contributed by atoms with Crippen molar-refractivity contribution in [3.05, 3.63) is 42.9 Å². The lowest BCUT2D eigenvalue weighted by molar-refractivity contribution is 0.447. The Morgan fingerprint density at radius 3 is 2.72 bits per heavy atom. The van der Waals surface area contributed by atoms with Gasteiger partial charge in [0.2, 0.25) is 0 Å². The molecule has 0 aliphatic carbocycles. The highest BCUT2D eigenvalue weighted by molar-refractivity contribution is 9.13. The molecule has 0 bridgehead atoms. The maximum atomic E-state index is 5.64. The SMILES string of the molecule is CCCNC(c1cc(Br)c(Br)s1)c1occc1C. The van der Waals surface area contributed by atoms with E-state index in [4.69, 9.17) is 4.42 Å². The standard InChI is InChI=1S/C13H15Br2NOS/c1-3-5-16-11(12-8(2)4-6-17-12)10-7-9(14)13(15)18-10/h4,6-7,11,16H,3,5H2,1-2H3. The predicted octanol–water partition coefficient (Wildman–Crippen LogP) is 5.26. The quantitative estimate of drug-likeness (QED) is 0.750. The molecule has 1 N–H and O–H groups in total. The van der Waals surface area contributed by atoms with Crippen LogP contribution in [0, 0.1) is 6.92 Å². The van der Waals surface area contributed by atoms with E-state index in [1.807, 2.05) is 6.07 Å². The van der Waals surface area contributed by atoms with Gasteiger partial charge in [0.05, 0.1) is 10.0 Å². The first-order valence-electron chi connectivity index (χ1n) is 5.85. The van der Waals surface area contributed by atoms with Gasteiger partial charge in [-0.1, -0.05) is 6.92 Å². The third-order valence-electron chi connectivity index (χ3n) is 2.71. The Balaban J connectivity index is 2.33. The minimum absolute atomic E-state index is 0.132. The van der Waals surface area contributed by atoms with Crippen LogP contribution in [0.15, 0.2) is 31.1 Å². The van der Waals surface area contributed by atoms with Gasteiger partial charge in [-0.2, -0.15) is 0 Å². The Morgan fingerprint density at radius 2 is 2.22 bits per heavy atom. The topological polar surface area (TPSA) is 25.2 Å².